The number of fused-ring (bicyclic) bond motifs is 2. The van der Waals surface area contributed by atoms with E-state index in [9.17, 15) is 14.4 Å². The maximum Gasteiger partial charge on any atom is 0.271 e. The first-order valence-corrected chi connectivity index (χ1v) is 11.6. The first-order valence-electron chi connectivity index (χ1n) is 10.4. The maximum absolute atomic E-state index is 13.3. The normalized spacial score (nSPS) is 15.8. The highest BCUT2D eigenvalue weighted by atomic mass is 35.5. The molecule has 0 aliphatic carbocycles. The van der Waals surface area contributed by atoms with Crippen molar-refractivity contribution in [1.29, 1.82) is 0 Å². The number of benzene rings is 2. The van der Waals surface area contributed by atoms with Gasteiger partial charge in [-0.2, -0.15) is 0 Å². The predicted octanol–water partition coefficient (Wildman–Crippen LogP) is 4.54. The molecule has 1 aliphatic heterocycles. The lowest BCUT2D eigenvalue weighted by molar-refractivity contribution is -0.120. The van der Waals surface area contributed by atoms with E-state index in [1.165, 1.54) is 22.2 Å². The van der Waals surface area contributed by atoms with Crippen LogP contribution >= 0.6 is 22.9 Å². The largest absolute Gasteiger partial charge is 0.324 e. The molecular formula is C24H19ClN4O3S. The number of amides is 2. The summed E-state index contributed by atoms with van der Waals surface area (Å²) in [7, 11) is 0. The topological polar surface area (TPSA) is 84.3 Å². The van der Waals surface area contributed by atoms with Crippen LogP contribution in [0.4, 0.5) is 11.4 Å². The number of hydrogen-bond donors (Lipinski definition) is 1. The van der Waals surface area contributed by atoms with E-state index in [1.807, 2.05) is 31.2 Å². The van der Waals surface area contributed by atoms with Crippen molar-refractivity contribution in [2.45, 2.75) is 25.9 Å². The first-order chi connectivity index (χ1) is 15.9. The van der Waals surface area contributed by atoms with Gasteiger partial charge in [0.05, 0.1) is 23.2 Å². The van der Waals surface area contributed by atoms with Crippen LogP contribution in [0.15, 0.2) is 65.7 Å². The van der Waals surface area contributed by atoms with E-state index < -0.39 is 0 Å². The maximum atomic E-state index is 13.3. The Hall–Kier alpha value is -3.49. The number of para-hydroxylation sites is 2. The molecule has 0 saturated carbocycles. The quantitative estimate of drug-likeness (QED) is 0.468. The molecule has 2 aromatic heterocycles. The second-order valence-corrected chi connectivity index (χ2v) is 9.38. The first kappa shape index (κ1) is 21.4. The van der Waals surface area contributed by atoms with Crippen LogP contribution in [0.3, 0.4) is 0 Å². The number of halogens is 1. The molecule has 2 aromatic carbocycles. The highest BCUT2D eigenvalue weighted by Gasteiger charge is 2.29. The molecule has 0 spiro atoms. The third-order valence-corrected chi connectivity index (χ3v) is 6.98. The monoisotopic (exact) mass is 478 g/mol. The van der Waals surface area contributed by atoms with Crippen molar-refractivity contribution in [3.8, 4) is 10.4 Å². The van der Waals surface area contributed by atoms with Gasteiger partial charge in [0.1, 0.15) is 11.2 Å². The fourth-order valence-corrected chi connectivity index (χ4v) is 5.20. The molecule has 1 atom stereocenters. The number of thiophene rings is 1. The lowest BCUT2D eigenvalue weighted by atomic mass is 10.1. The molecule has 1 aliphatic rings. The number of carbonyl (C=O) groups excluding carboxylic acids is 2. The van der Waals surface area contributed by atoms with Crippen LogP contribution in [0.1, 0.15) is 13.3 Å². The molecule has 0 radical (unpaired) electrons. The van der Waals surface area contributed by atoms with Gasteiger partial charge in [-0.3, -0.25) is 19.0 Å². The van der Waals surface area contributed by atoms with Crippen molar-refractivity contribution in [1.82, 2.24) is 9.55 Å². The summed E-state index contributed by atoms with van der Waals surface area (Å²) in [5.74, 6) is -0.442. The zero-order chi connectivity index (χ0) is 23.1. The number of hydrogen-bond acceptors (Lipinski definition) is 5. The van der Waals surface area contributed by atoms with Gasteiger partial charge in [-0.15, -0.1) is 11.3 Å². The van der Waals surface area contributed by atoms with Crippen molar-refractivity contribution < 1.29 is 9.59 Å². The van der Waals surface area contributed by atoms with Crippen LogP contribution in [-0.2, 0) is 16.1 Å². The van der Waals surface area contributed by atoms with E-state index in [2.05, 4.69) is 10.3 Å². The molecule has 4 aromatic rings. The number of rotatable bonds is 3. The molecule has 0 saturated heterocycles. The zero-order valence-electron chi connectivity index (χ0n) is 17.6. The molecule has 3 heterocycles. The molecule has 2 amide bonds. The number of anilines is 2. The summed E-state index contributed by atoms with van der Waals surface area (Å²) in [6.07, 6.45) is 1.57. The second-order valence-electron chi connectivity index (χ2n) is 7.89. The Labute approximate surface area is 198 Å². The van der Waals surface area contributed by atoms with Crippen molar-refractivity contribution in [2.24, 2.45) is 0 Å². The summed E-state index contributed by atoms with van der Waals surface area (Å²) in [5, 5.41) is 3.48. The van der Waals surface area contributed by atoms with Gasteiger partial charge >= 0.3 is 0 Å². The fraction of sp³-hybridized carbons (Fsp3) is 0.167. The smallest absolute Gasteiger partial charge is 0.271 e. The Morgan fingerprint density at radius 2 is 1.94 bits per heavy atom. The number of nitrogens with one attached hydrogen (secondary N) is 1. The molecule has 0 fully saturated rings. The highest BCUT2D eigenvalue weighted by Crippen LogP contribution is 2.33. The van der Waals surface area contributed by atoms with E-state index in [0.29, 0.717) is 26.6 Å². The van der Waals surface area contributed by atoms with Crippen molar-refractivity contribution in [3.63, 3.8) is 0 Å². The van der Waals surface area contributed by atoms with Gasteiger partial charge in [0, 0.05) is 22.4 Å². The van der Waals surface area contributed by atoms with E-state index in [-0.39, 0.29) is 36.4 Å². The van der Waals surface area contributed by atoms with Crippen LogP contribution < -0.4 is 15.8 Å². The number of aromatic nitrogens is 2. The second kappa shape index (κ2) is 8.46. The molecule has 166 valence electrons. The fourth-order valence-electron chi connectivity index (χ4n) is 4.00. The van der Waals surface area contributed by atoms with Gasteiger partial charge in [-0.05, 0) is 42.8 Å². The minimum atomic E-state index is -0.355. The van der Waals surface area contributed by atoms with E-state index in [0.717, 1.165) is 10.4 Å². The van der Waals surface area contributed by atoms with Crippen molar-refractivity contribution in [2.75, 3.05) is 10.2 Å². The van der Waals surface area contributed by atoms with Gasteiger partial charge in [0.15, 0.2) is 0 Å². The summed E-state index contributed by atoms with van der Waals surface area (Å²) < 4.78 is 1.80. The summed E-state index contributed by atoms with van der Waals surface area (Å²) in [6, 6.07) is 16.0. The van der Waals surface area contributed by atoms with Gasteiger partial charge in [-0.25, -0.2) is 4.98 Å². The minimum Gasteiger partial charge on any atom is -0.324 e. The van der Waals surface area contributed by atoms with Crippen LogP contribution in [0, 0.1) is 0 Å². The molecule has 5 rings (SSSR count). The van der Waals surface area contributed by atoms with Crippen molar-refractivity contribution in [3.05, 3.63) is 76.3 Å². The van der Waals surface area contributed by atoms with Crippen molar-refractivity contribution >= 4 is 56.3 Å². The Kier molecular flexibility index (Phi) is 5.47. The zero-order valence-corrected chi connectivity index (χ0v) is 19.2. The Balaban J connectivity index is 1.48. The van der Waals surface area contributed by atoms with Gasteiger partial charge in [0.25, 0.3) is 5.56 Å². The van der Waals surface area contributed by atoms with Crippen LogP contribution in [0.2, 0.25) is 5.02 Å². The number of carbonyl (C=O) groups is 2. The SMILES string of the molecule is C[C@@H]1CC(=O)Nc2ccccc2N1C(=O)Cn1cnc2cc(-c3ccc(Cl)cc3)sc2c1=O. The highest BCUT2D eigenvalue weighted by molar-refractivity contribution is 7.22. The molecular weight excluding hydrogens is 460 g/mol. The Morgan fingerprint density at radius 1 is 1.18 bits per heavy atom. The summed E-state index contributed by atoms with van der Waals surface area (Å²) in [6.45, 7) is 1.64. The molecule has 0 unspecified atom stereocenters. The van der Waals surface area contributed by atoms with Crippen LogP contribution in [0.25, 0.3) is 20.7 Å². The van der Waals surface area contributed by atoms with Gasteiger partial charge < -0.3 is 10.2 Å². The third-order valence-electron chi connectivity index (χ3n) is 5.57. The average Bonchev–Trinajstić information content (AvgIpc) is 3.17. The predicted molar refractivity (Wildman–Crippen MR) is 131 cm³/mol. The third kappa shape index (κ3) is 4.03. The molecule has 9 heteroatoms. The lowest BCUT2D eigenvalue weighted by Gasteiger charge is -2.28. The minimum absolute atomic E-state index is 0.154. The lowest BCUT2D eigenvalue weighted by Crippen LogP contribution is -2.42. The Morgan fingerprint density at radius 3 is 2.73 bits per heavy atom. The molecule has 7 nitrogen and oxygen atoms in total. The molecule has 0 bridgehead atoms. The van der Waals surface area contributed by atoms with E-state index in [1.54, 1.807) is 35.2 Å². The standard InChI is InChI=1S/C24H19ClN4O3S/c1-14-10-21(30)27-17-4-2-3-5-19(17)29(14)22(31)12-28-13-26-18-11-20(33-23(18)24(28)32)15-6-8-16(25)9-7-15/h2-9,11,13-14H,10,12H2,1H3,(H,27,30)/t14-/m1/s1. The summed E-state index contributed by atoms with van der Waals surface area (Å²) in [5.41, 5.74) is 2.44. The summed E-state index contributed by atoms with van der Waals surface area (Å²) in [4.78, 5) is 45.6. The van der Waals surface area contributed by atoms with Crippen LogP contribution in [0.5, 0.6) is 0 Å². The van der Waals surface area contributed by atoms with Gasteiger partial charge in [-0.1, -0.05) is 35.9 Å². The number of nitrogens with zero attached hydrogens (tertiary/aromatic N) is 3. The molecule has 33 heavy (non-hydrogen) atoms. The van der Waals surface area contributed by atoms with E-state index in [4.69, 9.17) is 11.6 Å². The summed E-state index contributed by atoms with van der Waals surface area (Å²) >= 11 is 7.31. The van der Waals surface area contributed by atoms with Crippen LogP contribution in [-0.4, -0.2) is 27.4 Å². The van der Waals surface area contributed by atoms with E-state index >= 15 is 0 Å². The average molecular weight is 479 g/mol. The Bertz CT molecular complexity index is 1440. The molecule has 1 N–H and O–H groups in total. The van der Waals surface area contributed by atoms with Gasteiger partial charge in [0.2, 0.25) is 11.8 Å².